The van der Waals surface area contributed by atoms with Crippen molar-refractivity contribution >= 4 is 17.9 Å². The minimum atomic E-state index is -0.767. The van der Waals surface area contributed by atoms with Gasteiger partial charge in [-0.05, 0) is 44.9 Å². The molecule has 0 unspecified atom stereocenters. The minimum absolute atomic E-state index is 0.0666. The van der Waals surface area contributed by atoms with Crippen LogP contribution in [0.5, 0.6) is 0 Å². The summed E-state index contributed by atoms with van der Waals surface area (Å²) in [5.74, 6) is -0.852. The van der Waals surface area contributed by atoms with Crippen molar-refractivity contribution in [2.24, 2.45) is 0 Å². The van der Waals surface area contributed by atoms with Crippen LogP contribution in [0.15, 0.2) is 12.2 Å². The topological polar surface area (TPSA) is 78.9 Å². The third-order valence-corrected chi connectivity index (χ3v) is 12.8. The van der Waals surface area contributed by atoms with Crippen LogP contribution in [-0.4, -0.2) is 37.2 Å². The summed E-state index contributed by atoms with van der Waals surface area (Å²) in [5.41, 5.74) is 0. The van der Waals surface area contributed by atoms with Crippen LogP contribution in [0.1, 0.15) is 316 Å². The van der Waals surface area contributed by atoms with Gasteiger partial charge in [-0.15, -0.1) is 0 Å². The lowest BCUT2D eigenvalue weighted by molar-refractivity contribution is -0.167. The molecule has 0 rings (SSSR count). The zero-order valence-electron chi connectivity index (χ0n) is 42.6. The van der Waals surface area contributed by atoms with E-state index in [1.165, 1.54) is 212 Å². The zero-order valence-corrected chi connectivity index (χ0v) is 42.6. The van der Waals surface area contributed by atoms with Crippen molar-refractivity contribution in [3.63, 3.8) is 0 Å². The maximum absolute atomic E-state index is 12.8. The third-order valence-electron chi connectivity index (χ3n) is 12.8. The molecule has 372 valence electrons. The maximum atomic E-state index is 12.8. The second kappa shape index (κ2) is 52.8. The van der Waals surface area contributed by atoms with Gasteiger partial charge in [0, 0.05) is 19.3 Å². The second-order valence-electron chi connectivity index (χ2n) is 19.2. The molecule has 0 aliphatic heterocycles. The van der Waals surface area contributed by atoms with Crippen LogP contribution >= 0.6 is 0 Å². The van der Waals surface area contributed by atoms with Crippen molar-refractivity contribution in [2.75, 3.05) is 13.2 Å². The Morgan fingerprint density at radius 2 is 0.524 bits per heavy atom. The van der Waals surface area contributed by atoms with Crippen LogP contribution in [0.2, 0.25) is 0 Å². The number of carbonyl (C=O) groups is 3. The molecule has 0 aliphatic carbocycles. The molecule has 0 amide bonds. The molecule has 0 N–H and O–H groups in total. The number of carbonyl (C=O) groups excluding carboxylic acids is 3. The van der Waals surface area contributed by atoms with Gasteiger partial charge >= 0.3 is 17.9 Å². The molecule has 6 nitrogen and oxygen atoms in total. The van der Waals surface area contributed by atoms with Gasteiger partial charge in [0.2, 0.25) is 0 Å². The summed E-state index contributed by atoms with van der Waals surface area (Å²) in [4.78, 5) is 38.1. The van der Waals surface area contributed by atoms with Crippen molar-refractivity contribution in [2.45, 2.75) is 322 Å². The van der Waals surface area contributed by atoms with Crippen molar-refractivity contribution in [3.8, 4) is 0 Å². The SMILES string of the molecule is CCCCCCCC/C=C\CCCCCCCC(=O)OC[C@@H](COC(=O)CCCCCCCCCCCCCCCCC)OC(=O)CCCCCCCCCCCCCCCCC. The molecule has 0 saturated carbocycles. The van der Waals surface area contributed by atoms with E-state index in [9.17, 15) is 14.4 Å². The molecule has 0 heterocycles. The molecular weight excluding hydrogens is 781 g/mol. The Balaban J connectivity index is 4.33. The number of allylic oxidation sites excluding steroid dienone is 2. The van der Waals surface area contributed by atoms with E-state index in [4.69, 9.17) is 14.2 Å². The predicted octanol–water partition coefficient (Wildman–Crippen LogP) is 18.5. The van der Waals surface area contributed by atoms with E-state index in [1.807, 2.05) is 0 Å². The number of rotatable bonds is 52. The van der Waals surface area contributed by atoms with Crippen LogP contribution in [0, 0.1) is 0 Å². The van der Waals surface area contributed by atoms with Gasteiger partial charge in [0.05, 0.1) is 0 Å². The number of hydrogen-bond donors (Lipinski definition) is 0. The van der Waals surface area contributed by atoms with Gasteiger partial charge < -0.3 is 14.2 Å². The van der Waals surface area contributed by atoms with E-state index in [0.29, 0.717) is 19.3 Å². The third kappa shape index (κ3) is 51.0. The number of unbranched alkanes of at least 4 members (excludes halogenated alkanes) is 39. The summed E-state index contributed by atoms with van der Waals surface area (Å²) in [6.07, 6.45) is 59.1. The minimum Gasteiger partial charge on any atom is -0.462 e. The fourth-order valence-electron chi connectivity index (χ4n) is 8.50. The van der Waals surface area contributed by atoms with Crippen molar-refractivity contribution in [1.82, 2.24) is 0 Å². The monoisotopic (exact) mass is 889 g/mol. The van der Waals surface area contributed by atoms with Crippen molar-refractivity contribution in [1.29, 1.82) is 0 Å². The highest BCUT2D eigenvalue weighted by Crippen LogP contribution is 2.17. The summed E-state index contributed by atoms with van der Waals surface area (Å²) in [5, 5.41) is 0. The van der Waals surface area contributed by atoms with Gasteiger partial charge in [-0.2, -0.15) is 0 Å². The van der Waals surface area contributed by atoms with Gasteiger partial charge in [-0.25, -0.2) is 0 Å². The highest BCUT2D eigenvalue weighted by molar-refractivity contribution is 5.71. The Hall–Kier alpha value is -1.85. The Kier molecular flexibility index (Phi) is 51.2. The van der Waals surface area contributed by atoms with E-state index in [1.54, 1.807) is 0 Å². The average Bonchev–Trinajstić information content (AvgIpc) is 3.28. The number of ether oxygens (including phenoxy) is 3. The van der Waals surface area contributed by atoms with Crippen LogP contribution < -0.4 is 0 Å². The van der Waals surface area contributed by atoms with Gasteiger partial charge in [-0.1, -0.05) is 264 Å². The lowest BCUT2D eigenvalue weighted by Crippen LogP contribution is -2.30. The summed E-state index contributed by atoms with van der Waals surface area (Å²) >= 11 is 0. The van der Waals surface area contributed by atoms with E-state index in [0.717, 1.165) is 64.2 Å². The maximum Gasteiger partial charge on any atom is 0.306 e. The highest BCUT2D eigenvalue weighted by atomic mass is 16.6. The van der Waals surface area contributed by atoms with Crippen LogP contribution in [0.25, 0.3) is 0 Å². The largest absolute Gasteiger partial charge is 0.462 e. The fourth-order valence-corrected chi connectivity index (χ4v) is 8.50. The van der Waals surface area contributed by atoms with Crippen LogP contribution in [-0.2, 0) is 28.6 Å². The van der Waals surface area contributed by atoms with Gasteiger partial charge in [0.15, 0.2) is 6.10 Å². The second-order valence-corrected chi connectivity index (χ2v) is 19.2. The molecular formula is C57H108O6. The summed E-state index contributed by atoms with van der Waals surface area (Å²) in [6, 6.07) is 0. The van der Waals surface area contributed by atoms with E-state index in [-0.39, 0.29) is 31.1 Å². The first-order valence-corrected chi connectivity index (χ1v) is 28.2. The van der Waals surface area contributed by atoms with Gasteiger partial charge in [0.1, 0.15) is 13.2 Å². The molecule has 0 aromatic carbocycles. The van der Waals surface area contributed by atoms with E-state index < -0.39 is 6.10 Å². The molecule has 0 aromatic heterocycles. The molecule has 0 bridgehead atoms. The summed E-state index contributed by atoms with van der Waals surface area (Å²) in [6.45, 7) is 6.68. The van der Waals surface area contributed by atoms with Crippen molar-refractivity contribution in [3.05, 3.63) is 12.2 Å². The molecule has 0 spiro atoms. The van der Waals surface area contributed by atoms with Crippen LogP contribution in [0.3, 0.4) is 0 Å². The Morgan fingerprint density at radius 1 is 0.302 bits per heavy atom. The highest BCUT2D eigenvalue weighted by Gasteiger charge is 2.19. The predicted molar refractivity (Wildman–Crippen MR) is 270 cm³/mol. The normalized spacial score (nSPS) is 12.0. The number of hydrogen-bond acceptors (Lipinski definition) is 6. The quantitative estimate of drug-likeness (QED) is 0.0262. The summed E-state index contributed by atoms with van der Waals surface area (Å²) in [7, 11) is 0. The lowest BCUT2D eigenvalue weighted by Gasteiger charge is -2.18. The molecule has 0 radical (unpaired) electrons. The van der Waals surface area contributed by atoms with Gasteiger partial charge in [0.25, 0.3) is 0 Å². The molecule has 0 aliphatic rings. The Bertz CT molecular complexity index is 978. The zero-order chi connectivity index (χ0) is 45.8. The van der Waals surface area contributed by atoms with E-state index in [2.05, 4.69) is 32.9 Å². The standard InChI is InChI=1S/C57H108O6/c1-4-7-10-13-16-19-22-25-28-31-34-37-40-43-46-49-55(58)61-52-54(63-57(60)51-48-45-42-39-36-33-30-27-24-21-18-15-12-9-6-3)53-62-56(59)50-47-44-41-38-35-32-29-26-23-20-17-14-11-8-5-2/h25,28,54H,4-24,26-27,29-53H2,1-3H3/b28-25-/t54-/m0/s1. The van der Waals surface area contributed by atoms with E-state index >= 15 is 0 Å². The number of esters is 3. The van der Waals surface area contributed by atoms with Gasteiger partial charge in [-0.3, -0.25) is 14.4 Å². The Morgan fingerprint density at radius 3 is 0.794 bits per heavy atom. The molecule has 0 aromatic rings. The molecule has 63 heavy (non-hydrogen) atoms. The average molecular weight is 889 g/mol. The van der Waals surface area contributed by atoms with Crippen LogP contribution in [0.4, 0.5) is 0 Å². The first kappa shape index (κ1) is 61.1. The van der Waals surface area contributed by atoms with Crippen molar-refractivity contribution < 1.29 is 28.6 Å². The Labute approximate surface area is 392 Å². The fraction of sp³-hybridized carbons (Fsp3) is 0.912. The first-order valence-electron chi connectivity index (χ1n) is 28.2. The molecule has 0 saturated heterocycles. The molecule has 6 heteroatoms. The molecule has 0 fully saturated rings. The molecule has 1 atom stereocenters. The first-order chi connectivity index (χ1) is 31.0. The summed E-state index contributed by atoms with van der Waals surface area (Å²) < 4.78 is 16.9. The smallest absolute Gasteiger partial charge is 0.306 e. The lowest BCUT2D eigenvalue weighted by atomic mass is 10.0.